The van der Waals surface area contributed by atoms with Crippen molar-refractivity contribution in [3.8, 4) is 0 Å². The zero-order chi connectivity index (χ0) is 14.9. The topological polar surface area (TPSA) is 50.2 Å². The molecule has 20 heavy (non-hydrogen) atoms. The first-order valence-corrected chi connectivity index (χ1v) is 6.53. The monoisotopic (exact) mass is 279 g/mol. The molecule has 106 valence electrons. The van der Waals surface area contributed by atoms with Crippen molar-refractivity contribution in [2.45, 2.75) is 33.1 Å². The number of carboxylic acids is 1. The van der Waals surface area contributed by atoms with Crippen LogP contribution >= 0.6 is 0 Å². The molecular formula is C15H15F2NO2. The van der Waals surface area contributed by atoms with Gasteiger partial charge in [-0.15, -0.1) is 0 Å². The summed E-state index contributed by atoms with van der Waals surface area (Å²) >= 11 is 0. The Bertz CT molecular complexity index is 683. The zero-order valence-electron chi connectivity index (χ0n) is 11.3. The number of carbonyl (C=O) groups is 1. The number of halogens is 2. The van der Waals surface area contributed by atoms with E-state index in [-0.39, 0.29) is 16.5 Å². The zero-order valence-corrected chi connectivity index (χ0v) is 11.3. The average molecular weight is 279 g/mol. The van der Waals surface area contributed by atoms with Gasteiger partial charge in [0.05, 0.1) is 11.1 Å². The number of aryl methyl sites for hydroxylation is 1. The molecule has 2 aromatic rings. The summed E-state index contributed by atoms with van der Waals surface area (Å²) in [5.41, 5.74) is 1.45. The summed E-state index contributed by atoms with van der Waals surface area (Å²) in [6, 6.07) is 1.87. The van der Waals surface area contributed by atoms with Gasteiger partial charge in [0.2, 0.25) is 0 Å². The number of hydrogen-bond donors (Lipinski definition) is 1. The molecule has 0 amide bonds. The van der Waals surface area contributed by atoms with Gasteiger partial charge in [-0.1, -0.05) is 20.3 Å². The molecule has 0 aliphatic heterocycles. The normalized spacial score (nSPS) is 11.0. The number of fused-ring (bicyclic) bond motifs is 1. The molecule has 0 bridgehead atoms. The van der Waals surface area contributed by atoms with Crippen molar-refractivity contribution in [1.29, 1.82) is 0 Å². The van der Waals surface area contributed by atoms with Crippen LogP contribution in [0.15, 0.2) is 12.1 Å². The second-order valence-electron chi connectivity index (χ2n) is 4.60. The quantitative estimate of drug-likeness (QED) is 0.927. The molecule has 5 heteroatoms. The van der Waals surface area contributed by atoms with Crippen molar-refractivity contribution in [2.24, 2.45) is 0 Å². The third-order valence-corrected chi connectivity index (χ3v) is 3.27. The van der Waals surface area contributed by atoms with E-state index >= 15 is 0 Å². The van der Waals surface area contributed by atoms with Crippen molar-refractivity contribution in [3.05, 3.63) is 40.6 Å². The number of rotatable bonds is 4. The predicted molar refractivity (Wildman–Crippen MR) is 72.0 cm³/mol. The molecule has 0 saturated heterocycles. The van der Waals surface area contributed by atoms with Crippen LogP contribution in [0.1, 0.15) is 41.9 Å². The Morgan fingerprint density at radius 3 is 2.45 bits per heavy atom. The van der Waals surface area contributed by atoms with E-state index in [0.717, 1.165) is 18.6 Å². The van der Waals surface area contributed by atoms with E-state index in [0.29, 0.717) is 24.1 Å². The van der Waals surface area contributed by atoms with Gasteiger partial charge in [0, 0.05) is 17.1 Å². The van der Waals surface area contributed by atoms with E-state index in [2.05, 4.69) is 4.98 Å². The molecular weight excluding hydrogens is 264 g/mol. The molecule has 0 saturated carbocycles. The van der Waals surface area contributed by atoms with Crippen LogP contribution in [0.3, 0.4) is 0 Å². The number of aromatic carboxylic acids is 1. The smallest absolute Gasteiger partial charge is 0.336 e. The van der Waals surface area contributed by atoms with Crippen LogP contribution in [0.4, 0.5) is 8.78 Å². The number of carboxylic acid groups (broad SMARTS) is 1. The van der Waals surface area contributed by atoms with Crippen LogP contribution < -0.4 is 0 Å². The van der Waals surface area contributed by atoms with Crippen LogP contribution in [0.5, 0.6) is 0 Å². The molecule has 1 N–H and O–H groups in total. The highest BCUT2D eigenvalue weighted by atomic mass is 19.2. The van der Waals surface area contributed by atoms with E-state index in [1.165, 1.54) is 0 Å². The van der Waals surface area contributed by atoms with E-state index < -0.39 is 17.6 Å². The lowest BCUT2D eigenvalue weighted by molar-refractivity contribution is 0.0697. The summed E-state index contributed by atoms with van der Waals surface area (Å²) in [4.78, 5) is 15.8. The molecule has 3 nitrogen and oxygen atoms in total. The van der Waals surface area contributed by atoms with Gasteiger partial charge in [0.1, 0.15) is 0 Å². The largest absolute Gasteiger partial charge is 0.478 e. The van der Waals surface area contributed by atoms with Crippen molar-refractivity contribution >= 4 is 16.9 Å². The van der Waals surface area contributed by atoms with E-state index in [4.69, 9.17) is 0 Å². The first-order chi connectivity index (χ1) is 9.49. The van der Waals surface area contributed by atoms with Gasteiger partial charge in [0.25, 0.3) is 0 Å². The molecule has 0 fully saturated rings. The highest BCUT2D eigenvalue weighted by Gasteiger charge is 2.20. The van der Waals surface area contributed by atoms with Gasteiger partial charge in [-0.2, -0.15) is 0 Å². The van der Waals surface area contributed by atoms with Crippen molar-refractivity contribution in [3.63, 3.8) is 0 Å². The lowest BCUT2D eigenvalue weighted by Crippen LogP contribution is -2.09. The Morgan fingerprint density at radius 1 is 1.25 bits per heavy atom. The maximum absolute atomic E-state index is 13.4. The second kappa shape index (κ2) is 5.53. The van der Waals surface area contributed by atoms with Gasteiger partial charge >= 0.3 is 5.97 Å². The Morgan fingerprint density at radius 2 is 1.90 bits per heavy atom. The molecule has 2 rings (SSSR count). The number of benzene rings is 1. The Labute approximate surface area is 115 Å². The number of aromatic nitrogens is 1. The van der Waals surface area contributed by atoms with Crippen molar-refractivity contribution in [2.75, 3.05) is 0 Å². The van der Waals surface area contributed by atoms with Crippen LogP contribution in [0, 0.1) is 11.6 Å². The van der Waals surface area contributed by atoms with Crippen LogP contribution in [-0.4, -0.2) is 16.1 Å². The summed E-state index contributed by atoms with van der Waals surface area (Å²) in [6.07, 6.45) is 1.89. The minimum absolute atomic E-state index is 0.0276. The fraction of sp³-hybridized carbons (Fsp3) is 0.333. The predicted octanol–water partition coefficient (Wildman–Crippen LogP) is 3.73. The molecule has 0 aliphatic carbocycles. The van der Waals surface area contributed by atoms with Gasteiger partial charge in [-0.3, -0.25) is 4.98 Å². The highest BCUT2D eigenvalue weighted by molar-refractivity contribution is 6.04. The second-order valence-corrected chi connectivity index (χ2v) is 4.60. The standard InChI is InChI=1S/C15H15F2NO2/c1-3-5-12-8(4-2)14(15(19)20)9-6-10(16)11(17)7-13(9)18-12/h6-7H,3-5H2,1-2H3,(H,19,20). The maximum Gasteiger partial charge on any atom is 0.336 e. The fourth-order valence-corrected chi connectivity index (χ4v) is 2.42. The molecule has 0 atom stereocenters. The maximum atomic E-state index is 13.4. The van der Waals surface area contributed by atoms with Crippen molar-refractivity contribution < 1.29 is 18.7 Å². The van der Waals surface area contributed by atoms with Crippen LogP contribution in [0.25, 0.3) is 10.9 Å². The molecule has 0 spiro atoms. The minimum atomic E-state index is -1.14. The van der Waals surface area contributed by atoms with Crippen molar-refractivity contribution in [1.82, 2.24) is 4.98 Å². The lowest BCUT2D eigenvalue weighted by Gasteiger charge is -2.13. The first-order valence-electron chi connectivity index (χ1n) is 6.53. The fourth-order valence-electron chi connectivity index (χ4n) is 2.42. The van der Waals surface area contributed by atoms with Gasteiger partial charge in [-0.25, -0.2) is 13.6 Å². The summed E-state index contributed by atoms with van der Waals surface area (Å²) in [5.74, 6) is -3.22. The summed E-state index contributed by atoms with van der Waals surface area (Å²) < 4.78 is 26.7. The Kier molecular flexibility index (Phi) is 3.97. The minimum Gasteiger partial charge on any atom is -0.478 e. The molecule has 1 aromatic carbocycles. The SMILES string of the molecule is CCCc1nc2cc(F)c(F)cc2c(C(=O)O)c1CC. The number of nitrogens with zero attached hydrogens (tertiary/aromatic N) is 1. The molecule has 0 unspecified atom stereocenters. The van der Waals surface area contributed by atoms with E-state index in [1.54, 1.807) is 0 Å². The van der Waals surface area contributed by atoms with E-state index in [9.17, 15) is 18.7 Å². The van der Waals surface area contributed by atoms with Gasteiger partial charge in [0.15, 0.2) is 11.6 Å². The third-order valence-electron chi connectivity index (χ3n) is 3.27. The van der Waals surface area contributed by atoms with Gasteiger partial charge in [-0.05, 0) is 24.5 Å². The summed E-state index contributed by atoms with van der Waals surface area (Å²) in [6.45, 7) is 3.78. The number of pyridine rings is 1. The summed E-state index contributed by atoms with van der Waals surface area (Å²) in [5, 5.41) is 9.55. The molecule has 0 radical (unpaired) electrons. The number of hydrogen-bond acceptors (Lipinski definition) is 2. The van der Waals surface area contributed by atoms with E-state index in [1.807, 2.05) is 13.8 Å². The molecule has 0 aliphatic rings. The van der Waals surface area contributed by atoms with Crippen LogP contribution in [0.2, 0.25) is 0 Å². The third kappa shape index (κ3) is 2.35. The lowest BCUT2D eigenvalue weighted by atomic mass is 9.96. The first kappa shape index (κ1) is 14.4. The molecule has 1 aromatic heterocycles. The average Bonchev–Trinajstić information content (AvgIpc) is 2.39. The highest BCUT2D eigenvalue weighted by Crippen LogP contribution is 2.27. The Balaban J connectivity index is 2.90. The summed E-state index contributed by atoms with van der Waals surface area (Å²) in [7, 11) is 0. The Hall–Kier alpha value is -2.04. The van der Waals surface area contributed by atoms with Gasteiger partial charge < -0.3 is 5.11 Å². The van der Waals surface area contributed by atoms with Crippen LogP contribution in [-0.2, 0) is 12.8 Å². The molecule has 1 heterocycles.